The number of piperidine rings is 1. The second-order valence-electron chi connectivity index (χ2n) is 7.28. The maximum Gasteiger partial charge on any atom is 0.234 e. The summed E-state index contributed by atoms with van der Waals surface area (Å²) in [5, 5.41) is 6.31. The van der Waals surface area contributed by atoms with Crippen molar-refractivity contribution in [2.75, 3.05) is 26.2 Å². The molecule has 2 fully saturated rings. The molecule has 0 unspecified atom stereocenters. The first-order valence-electron chi connectivity index (χ1n) is 9.52. The van der Waals surface area contributed by atoms with Gasteiger partial charge in [0.25, 0.3) is 0 Å². The van der Waals surface area contributed by atoms with Crippen LogP contribution in [0.5, 0.6) is 0 Å². The van der Waals surface area contributed by atoms with Gasteiger partial charge in [-0.2, -0.15) is 0 Å². The van der Waals surface area contributed by atoms with Crippen LogP contribution in [0.3, 0.4) is 0 Å². The number of carbonyl (C=O) groups is 2. The van der Waals surface area contributed by atoms with E-state index in [1.165, 1.54) is 18.4 Å². The van der Waals surface area contributed by atoms with Crippen LogP contribution in [0.25, 0.3) is 0 Å². The van der Waals surface area contributed by atoms with E-state index in [9.17, 15) is 9.59 Å². The van der Waals surface area contributed by atoms with Gasteiger partial charge in [-0.25, -0.2) is 0 Å². The van der Waals surface area contributed by atoms with Crippen molar-refractivity contribution in [1.29, 1.82) is 0 Å². The Kier molecular flexibility index (Phi) is 8.39. The quantitative estimate of drug-likeness (QED) is 0.727. The molecule has 1 heterocycles. The molecular weight excluding hydrogens is 350 g/mol. The highest BCUT2D eigenvalue weighted by molar-refractivity contribution is 5.85. The first-order chi connectivity index (χ1) is 12.2. The predicted molar refractivity (Wildman–Crippen MR) is 105 cm³/mol. The molecule has 26 heavy (non-hydrogen) atoms. The summed E-state index contributed by atoms with van der Waals surface area (Å²) < 4.78 is 0. The summed E-state index contributed by atoms with van der Waals surface area (Å²) in [6.07, 6.45) is 5.66. The van der Waals surface area contributed by atoms with Crippen LogP contribution in [0, 0.1) is 5.92 Å². The van der Waals surface area contributed by atoms with Gasteiger partial charge in [0, 0.05) is 25.6 Å². The second kappa shape index (κ2) is 10.5. The number of carbonyl (C=O) groups excluding carboxylic acids is 2. The lowest BCUT2D eigenvalue weighted by molar-refractivity contribution is -0.132. The van der Waals surface area contributed by atoms with E-state index in [-0.39, 0.29) is 30.3 Å². The fourth-order valence-electron chi connectivity index (χ4n) is 3.32. The molecule has 3 rings (SSSR count). The number of hydrogen-bond donors (Lipinski definition) is 2. The molecule has 0 spiro atoms. The Labute approximate surface area is 162 Å². The van der Waals surface area contributed by atoms with E-state index in [4.69, 9.17) is 0 Å². The fraction of sp³-hybridized carbons (Fsp3) is 0.600. The third-order valence-corrected chi connectivity index (χ3v) is 5.10. The number of halogens is 1. The smallest absolute Gasteiger partial charge is 0.234 e. The number of nitrogens with zero attached hydrogens (tertiary/aromatic N) is 1. The van der Waals surface area contributed by atoms with E-state index in [2.05, 4.69) is 22.8 Å². The Balaban J connectivity index is 0.00000243. The van der Waals surface area contributed by atoms with Gasteiger partial charge < -0.3 is 15.5 Å². The van der Waals surface area contributed by atoms with Gasteiger partial charge >= 0.3 is 0 Å². The molecule has 0 atom stereocenters. The Morgan fingerprint density at radius 1 is 1.04 bits per heavy atom. The molecule has 5 nitrogen and oxygen atoms in total. The number of aryl methyl sites for hydroxylation is 1. The fourth-order valence-corrected chi connectivity index (χ4v) is 3.32. The second-order valence-corrected chi connectivity index (χ2v) is 7.28. The van der Waals surface area contributed by atoms with Crippen molar-refractivity contribution in [3.05, 3.63) is 35.9 Å². The molecule has 1 saturated carbocycles. The van der Waals surface area contributed by atoms with Gasteiger partial charge in [-0.15, -0.1) is 12.4 Å². The van der Waals surface area contributed by atoms with Crippen LogP contribution in [0.1, 0.15) is 37.7 Å². The molecule has 6 heteroatoms. The van der Waals surface area contributed by atoms with Gasteiger partial charge in [0.05, 0.1) is 6.54 Å². The largest absolute Gasteiger partial charge is 0.352 e. The van der Waals surface area contributed by atoms with Gasteiger partial charge in [0.15, 0.2) is 0 Å². The van der Waals surface area contributed by atoms with E-state index in [1.807, 2.05) is 23.1 Å². The Morgan fingerprint density at radius 3 is 2.38 bits per heavy atom. The monoisotopic (exact) mass is 379 g/mol. The molecule has 2 amide bonds. The number of likely N-dealkylation sites (tertiary alicyclic amines) is 1. The van der Waals surface area contributed by atoms with Gasteiger partial charge in [-0.3, -0.25) is 9.59 Å². The summed E-state index contributed by atoms with van der Waals surface area (Å²) in [5.74, 6) is 1.09. The molecule has 1 aromatic carbocycles. The van der Waals surface area contributed by atoms with Gasteiger partial charge in [0.2, 0.25) is 11.8 Å². The SMILES string of the molecule is Cl.O=C(CNCC1CC1)NC1CCN(C(=O)CCc2ccccc2)CC1. The highest BCUT2D eigenvalue weighted by Gasteiger charge is 2.24. The zero-order valence-corrected chi connectivity index (χ0v) is 16.1. The number of amides is 2. The van der Waals surface area contributed by atoms with Gasteiger partial charge in [-0.1, -0.05) is 30.3 Å². The van der Waals surface area contributed by atoms with Crippen LogP contribution in [-0.2, 0) is 16.0 Å². The number of benzene rings is 1. The van der Waals surface area contributed by atoms with Crippen molar-refractivity contribution in [3.8, 4) is 0 Å². The van der Waals surface area contributed by atoms with E-state index >= 15 is 0 Å². The molecule has 2 aliphatic rings. The summed E-state index contributed by atoms with van der Waals surface area (Å²) >= 11 is 0. The van der Waals surface area contributed by atoms with Crippen LogP contribution in [-0.4, -0.2) is 48.9 Å². The normalized spacial score (nSPS) is 17.5. The Morgan fingerprint density at radius 2 is 1.73 bits per heavy atom. The molecule has 1 saturated heterocycles. The molecule has 1 aliphatic carbocycles. The van der Waals surface area contributed by atoms with Crippen molar-refractivity contribution in [2.24, 2.45) is 5.92 Å². The summed E-state index contributed by atoms with van der Waals surface area (Å²) in [6, 6.07) is 10.3. The van der Waals surface area contributed by atoms with Crippen LogP contribution >= 0.6 is 12.4 Å². The number of hydrogen-bond acceptors (Lipinski definition) is 3. The topological polar surface area (TPSA) is 61.4 Å². The van der Waals surface area contributed by atoms with E-state index in [1.54, 1.807) is 0 Å². The van der Waals surface area contributed by atoms with Crippen LogP contribution < -0.4 is 10.6 Å². The van der Waals surface area contributed by atoms with E-state index < -0.39 is 0 Å². The van der Waals surface area contributed by atoms with Gasteiger partial charge in [-0.05, 0) is 50.1 Å². The van der Waals surface area contributed by atoms with Crippen LogP contribution in [0.15, 0.2) is 30.3 Å². The summed E-state index contributed by atoms with van der Waals surface area (Å²) in [7, 11) is 0. The summed E-state index contributed by atoms with van der Waals surface area (Å²) in [5.41, 5.74) is 1.21. The first kappa shape index (κ1) is 20.7. The maximum atomic E-state index is 12.3. The van der Waals surface area contributed by atoms with Crippen LogP contribution in [0.4, 0.5) is 0 Å². The zero-order chi connectivity index (χ0) is 17.5. The van der Waals surface area contributed by atoms with Crippen molar-refractivity contribution in [2.45, 2.75) is 44.6 Å². The third kappa shape index (κ3) is 6.96. The first-order valence-corrected chi connectivity index (χ1v) is 9.52. The average molecular weight is 380 g/mol. The van der Waals surface area contributed by atoms with Crippen molar-refractivity contribution >= 4 is 24.2 Å². The van der Waals surface area contributed by atoms with Crippen LogP contribution in [0.2, 0.25) is 0 Å². The molecule has 0 aromatic heterocycles. The molecule has 0 bridgehead atoms. The summed E-state index contributed by atoms with van der Waals surface area (Å²) in [6.45, 7) is 2.86. The van der Waals surface area contributed by atoms with Gasteiger partial charge in [0.1, 0.15) is 0 Å². The van der Waals surface area contributed by atoms with E-state index in [0.717, 1.165) is 44.8 Å². The maximum absolute atomic E-state index is 12.3. The van der Waals surface area contributed by atoms with E-state index in [0.29, 0.717) is 13.0 Å². The minimum absolute atomic E-state index is 0. The van der Waals surface area contributed by atoms with Crippen molar-refractivity contribution < 1.29 is 9.59 Å². The number of rotatable bonds is 8. The molecular formula is C20H30ClN3O2. The summed E-state index contributed by atoms with van der Waals surface area (Å²) in [4.78, 5) is 26.2. The highest BCUT2D eigenvalue weighted by atomic mass is 35.5. The molecule has 1 aliphatic heterocycles. The minimum atomic E-state index is 0. The van der Waals surface area contributed by atoms with Crippen molar-refractivity contribution in [3.63, 3.8) is 0 Å². The Bertz CT molecular complexity index is 570. The standard InChI is InChI=1S/C20H29N3O2.ClH/c24-19(15-21-14-17-6-7-17)22-18-10-12-23(13-11-18)20(25)9-8-16-4-2-1-3-5-16;/h1-5,17-18,21H,6-15H2,(H,22,24);1H. The third-order valence-electron chi connectivity index (χ3n) is 5.10. The zero-order valence-electron chi connectivity index (χ0n) is 15.3. The lowest BCUT2D eigenvalue weighted by Gasteiger charge is -2.32. The lowest BCUT2D eigenvalue weighted by Crippen LogP contribution is -2.48. The minimum Gasteiger partial charge on any atom is -0.352 e. The molecule has 2 N–H and O–H groups in total. The lowest BCUT2D eigenvalue weighted by atomic mass is 10.0. The number of nitrogens with one attached hydrogen (secondary N) is 2. The average Bonchev–Trinajstić information content (AvgIpc) is 3.45. The molecule has 0 radical (unpaired) electrons. The molecule has 144 valence electrons. The highest BCUT2D eigenvalue weighted by Crippen LogP contribution is 2.27. The Hall–Kier alpha value is -1.59. The van der Waals surface area contributed by atoms with Crippen molar-refractivity contribution in [1.82, 2.24) is 15.5 Å². The predicted octanol–water partition coefficient (Wildman–Crippen LogP) is 2.15. The molecule has 1 aromatic rings.